The molecule has 4 N–H and O–H groups in total. The summed E-state index contributed by atoms with van der Waals surface area (Å²) in [6, 6.07) is 14.4. The number of hydrogen-bond acceptors (Lipinski definition) is 6. The van der Waals surface area contributed by atoms with Gasteiger partial charge in [-0.2, -0.15) is 0 Å². The van der Waals surface area contributed by atoms with Crippen LogP contribution in [0.15, 0.2) is 60.7 Å². The molecule has 0 atom stereocenters. The molecule has 0 aromatic heterocycles. The van der Waals surface area contributed by atoms with Crippen LogP contribution in [-0.2, 0) is 10.3 Å². The van der Waals surface area contributed by atoms with Gasteiger partial charge in [0.15, 0.2) is 5.60 Å². The maximum absolute atomic E-state index is 12.5. The number of carbonyl (C=O) groups is 1. The van der Waals surface area contributed by atoms with Gasteiger partial charge in [-0.05, 0) is 30.3 Å². The van der Waals surface area contributed by atoms with E-state index in [1.54, 1.807) is 24.3 Å². The van der Waals surface area contributed by atoms with E-state index >= 15 is 0 Å². The third kappa shape index (κ3) is 2.23. The molecule has 0 saturated carbocycles. The first-order valence-corrected chi connectivity index (χ1v) is 7.80. The van der Waals surface area contributed by atoms with Gasteiger partial charge in [0.2, 0.25) is 0 Å². The molecular weight excluding hydrogens is 336 g/mol. The van der Waals surface area contributed by atoms with Crippen molar-refractivity contribution < 1.29 is 30.0 Å². The van der Waals surface area contributed by atoms with Crippen LogP contribution < -0.4 is 0 Å². The van der Waals surface area contributed by atoms with Crippen LogP contribution in [0.1, 0.15) is 27.0 Å². The van der Waals surface area contributed by atoms with Crippen LogP contribution in [-0.4, -0.2) is 26.4 Å². The Kier molecular flexibility index (Phi) is 3.30. The fourth-order valence-electron chi connectivity index (χ4n) is 3.41. The second kappa shape index (κ2) is 5.42. The largest absolute Gasteiger partial charge is 0.508 e. The van der Waals surface area contributed by atoms with Gasteiger partial charge in [-0.3, -0.25) is 0 Å². The summed E-state index contributed by atoms with van der Waals surface area (Å²) < 4.78 is 5.73. The van der Waals surface area contributed by atoms with Crippen molar-refractivity contribution in [2.45, 2.75) is 5.60 Å². The highest BCUT2D eigenvalue weighted by Gasteiger charge is 2.49. The van der Waals surface area contributed by atoms with Crippen molar-refractivity contribution in [1.29, 1.82) is 0 Å². The highest BCUT2D eigenvalue weighted by atomic mass is 16.6. The zero-order valence-corrected chi connectivity index (χ0v) is 13.4. The van der Waals surface area contributed by atoms with Crippen LogP contribution in [0.5, 0.6) is 23.0 Å². The number of hydrogen-bond donors (Lipinski definition) is 4. The molecule has 1 heterocycles. The summed E-state index contributed by atoms with van der Waals surface area (Å²) >= 11 is 0. The number of phenolic OH excluding ortho intramolecular Hbond substituents is 4. The number of carbonyl (C=O) groups excluding carboxylic acids is 1. The minimum atomic E-state index is -1.54. The molecule has 0 spiro atoms. The van der Waals surface area contributed by atoms with Gasteiger partial charge in [-0.1, -0.05) is 18.2 Å². The Balaban J connectivity index is 2.11. The maximum atomic E-state index is 12.5. The summed E-state index contributed by atoms with van der Waals surface area (Å²) in [6.45, 7) is 0. The fourth-order valence-corrected chi connectivity index (χ4v) is 3.41. The molecular formula is C20H14O6. The minimum absolute atomic E-state index is 0.218. The average Bonchev–Trinajstić information content (AvgIpc) is 2.88. The van der Waals surface area contributed by atoms with Gasteiger partial charge in [-0.25, -0.2) is 4.79 Å². The average molecular weight is 350 g/mol. The van der Waals surface area contributed by atoms with Gasteiger partial charge < -0.3 is 25.2 Å². The summed E-state index contributed by atoms with van der Waals surface area (Å²) in [6.07, 6.45) is 0. The monoisotopic (exact) mass is 350 g/mol. The summed E-state index contributed by atoms with van der Waals surface area (Å²) in [4.78, 5) is 12.5. The standard InChI is InChI=1S/C20H14O6/c21-13-5-11(6-14(22)9-13)20(12-7-15(23)10-16(24)8-12)18-4-2-1-3-17(18)19(25)26-20/h1-10,21-24H. The van der Waals surface area contributed by atoms with Crippen molar-refractivity contribution in [2.75, 3.05) is 0 Å². The Hall–Kier alpha value is -3.67. The lowest BCUT2D eigenvalue weighted by atomic mass is 9.79. The van der Waals surface area contributed by atoms with E-state index in [1.807, 2.05) is 0 Å². The molecule has 1 aliphatic rings. The molecule has 4 rings (SSSR count). The van der Waals surface area contributed by atoms with Gasteiger partial charge in [0.1, 0.15) is 23.0 Å². The lowest BCUT2D eigenvalue weighted by molar-refractivity contribution is 0.0248. The lowest BCUT2D eigenvalue weighted by Gasteiger charge is -2.30. The summed E-state index contributed by atoms with van der Waals surface area (Å²) in [7, 11) is 0. The molecule has 130 valence electrons. The Morgan fingerprint density at radius 1 is 0.692 bits per heavy atom. The number of ether oxygens (including phenoxy) is 1. The highest BCUT2D eigenvalue weighted by Crippen LogP contribution is 2.49. The van der Waals surface area contributed by atoms with Crippen molar-refractivity contribution in [2.24, 2.45) is 0 Å². The number of rotatable bonds is 2. The number of benzene rings is 3. The molecule has 6 nitrogen and oxygen atoms in total. The molecule has 0 unspecified atom stereocenters. The van der Waals surface area contributed by atoms with Crippen LogP contribution in [0.2, 0.25) is 0 Å². The lowest BCUT2D eigenvalue weighted by Crippen LogP contribution is -2.29. The Morgan fingerprint density at radius 2 is 1.15 bits per heavy atom. The Bertz CT molecular complexity index is 948. The molecule has 26 heavy (non-hydrogen) atoms. The fraction of sp³-hybridized carbons (Fsp3) is 0.0500. The topological polar surface area (TPSA) is 107 Å². The first kappa shape index (κ1) is 15.8. The van der Waals surface area contributed by atoms with Gasteiger partial charge in [0.05, 0.1) is 5.56 Å². The van der Waals surface area contributed by atoms with E-state index in [0.29, 0.717) is 11.1 Å². The molecule has 3 aromatic carbocycles. The molecule has 0 radical (unpaired) electrons. The second-order valence-electron chi connectivity index (χ2n) is 6.09. The zero-order valence-electron chi connectivity index (χ0n) is 13.4. The number of aromatic hydroxyl groups is 4. The van der Waals surface area contributed by atoms with Crippen molar-refractivity contribution in [1.82, 2.24) is 0 Å². The van der Waals surface area contributed by atoms with E-state index in [0.717, 1.165) is 12.1 Å². The number of cyclic esters (lactones) is 1. The Labute approximate surface area is 148 Å². The number of esters is 1. The molecule has 0 aliphatic carbocycles. The van der Waals surface area contributed by atoms with E-state index in [2.05, 4.69) is 0 Å². The van der Waals surface area contributed by atoms with Gasteiger partial charge >= 0.3 is 5.97 Å². The van der Waals surface area contributed by atoms with Crippen LogP contribution in [0.4, 0.5) is 0 Å². The molecule has 6 heteroatoms. The van der Waals surface area contributed by atoms with Crippen LogP contribution in [0.3, 0.4) is 0 Å². The first-order valence-electron chi connectivity index (χ1n) is 7.80. The van der Waals surface area contributed by atoms with Crippen molar-refractivity contribution in [3.05, 3.63) is 82.9 Å². The minimum Gasteiger partial charge on any atom is -0.508 e. The van der Waals surface area contributed by atoms with Crippen LogP contribution in [0.25, 0.3) is 0 Å². The summed E-state index contributed by atoms with van der Waals surface area (Å²) in [5.41, 5.74) is -0.199. The molecule has 0 fully saturated rings. The molecule has 0 amide bonds. The number of fused-ring (bicyclic) bond motifs is 1. The highest BCUT2D eigenvalue weighted by molar-refractivity contribution is 5.96. The van der Waals surface area contributed by atoms with E-state index in [1.165, 1.54) is 24.3 Å². The van der Waals surface area contributed by atoms with Crippen molar-refractivity contribution in [3.63, 3.8) is 0 Å². The summed E-state index contributed by atoms with van der Waals surface area (Å²) in [5, 5.41) is 39.8. The third-order valence-corrected chi connectivity index (χ3v) is 4.39. The molecule has 3 aromatic rings. The number of phenols is 4. The third-order valence-electron chi connectivity index (χ3n) is 4.39. The normalized spacial score (nSPS) is 14.7. The summed E-state index contributed by atoms with van der Waals surface area (Å²) in [5.74, 6) is -1.46. The SMILES string of the molecule is O=C1OC(c2cc(O)cc(O)c2)(c2cc(O)cc(O)c2)c2ccccc21. The molecule has 1 aliphatic heterocycles. The van der Waals surface area contributed by atoms with Gasteiger partial charge in [0.25, 0.3) is 0 Å². The maximum Gasteiger partial charge on any atom is 0.340 e. The van der Waals surface area contributed by atoms with E-state index in [4.69, 9.17) is 4.74 Å². The van der Waals surface area contributed by atoms with Crippen molar-refractivity contribution in [3.8, 4) is 23.0 Å². The smallest absolute Gasteiger partial charge is 0.340 e. The Morgan fingerprint density at radius 3 is 1.65 bits per heavy atom. The predicted molar refractivity (Wildman–Crippen MR) is 91.3 cm³/mol. The van der Waals surface area contributed by atoms with Crippen LogP contribution >= 0.6 is 0 Å². The van der Waals surface area contributed by atoms with Crippen LogP contribution in [0, 0.1) is 0 Å². The first-order chi connectivity index (χ1) is 12.4. The molecule has 0 bridgehead atoms. The predicted octanol–water partition coefficient (Wildman–Crippen LogP) is 2.97. The van der Waals surface area contributed by atoms with E-state index in [-0.39, 0.29) is 34.1 Å². The molecule has 0 saturated heterocycles. The quantitative estimate of drug-likeness (QED) is 0.529. The van der Waals surface area contributed by atoms with Gasteiger partial charge in [0, 0.05) is 28.8 Å². The van der Waals surface area contributed by atoms with Crippen molar-refractivity contribution >= 4 is 5.97 Å². The van der Waals surface area contributed by atoms with E-state index < -0.39 is 11.6 Å². The zero-order chi connectivity index (χ0) is 18.5. The van der Waals surface area contributed by atoms with Gasteiger partial charge in [-0.15, -0.1) is 0 Å². The second-order valence-corrected chi connectivity index (χ2v) is 6.09. The van der Waals surface area contributed by atoms with E-state index in [9.17, 15) is 25.2 Å².